The lowest BCUT2D eigenvalue weighted by Gasteiger charge is -2.07. The minimum atomic E-state index is -0.506. The van der Waals surface area contributed by atoms with Crippen LogP contribution in [-0.2, 0) is 6.54 Å². The molecule has 5 rings (SSSR count). The maximum Gasteiger partial charge on any atom is 0.271 e. The van der Waals surface area contributed by atoms with Gasteiger partial charge in [-0.05, 0) is 40.6 Å². The molecule has 0 aliphatic heterocycles. The number of para-hydroxylation sites is 1. The van der Waals surface area contributed by atoms with Crippen LogP contribution in [0.1, 0.15) is 21.5 Å². The maximum absolute atomic E-state index is 12.3. The third kappa shape index (κ3) is 4.27. The van der Waals surface area contributed by atoms with Gasteiger partial charge in [-0.2, -0.15) is 5.10 Å². The molecule has 0 atom stereocenters. The molecule has 0 unspecified atom stereocenters. The van der Waals surface area contributed by atoms with Gasteiger partial charge >= 0.3 is 0 Å². The Labute approximate surface area is 195 Å². The fourth-order valence-electron chi connectivity index (χ4n) is 4.00. The van der Waals surface area contributed by atoms with Gasteiger partial charge in [0.1, 0.15) is 0 Å². The smallest absolute Gasteiger partial charge is 0.271 e. The Bertz CT molecular complexity index is 1550. The highest BCUT2D eigenvalue weighted by atomic mass is 16.6. The Balaban J connectivity index is 1.37. The molecule has 34 heavy (non-hydrogen) atoms. The zero-order valence-electron chi connectivity index (χ0n) is 18.1. The molecule has 0 radical (unpaired) electrons. The normalized spacial score (nSPS) is 11.3. The number of benzene rings is 4. The summed E-state index contributed by atoms with van der Waals surface area (Å²) in [5.74, 6) is -0.439. The molecule has 1 amide bonds. The number of hydrogen-bond acceptors (Lipinski definition) is 4. The van der Waals surface area contributed by atoms with E-state index in [1.807, 2.05) is 36.5 Å². The van der Waals surface area contributed by atoms with Crippen LogP contribution >= 0.6 is 0 Å². The molecule has 1 N–H and O–H groups in total. The molecule has 0 saturated heterocycles. The van der Waals surface area contributed by atoms with Crippen LogP contribution < -0.4 is 5.43 Å². The molecule has 0 aliphatic rings. The lowest BCUT2D eigenvalue weighted by molar-refractivity contribution is -0.384. The monoisotopic (exact) mass is 448 g/mol. The number of nitrogens with one attached hydrogen (secondary N) is 1. The number of nitro benzene ring substituents is 1. The van der Waals surface area contributed by atoms with Gasteiger partial charge in [0.05, 0.1) is 11.1 Å². The molecule has 1 aromatic heterocycles. The summed E-state index contributed by atoms with van der Waals surface area (Å²) in [5, 5.41) is 18.3. The summed E-state index contributed by atoms with van der Waals surface area (Å²) >= 11 is 0. The number of non-ortho nitro benzene ring substituents is 1. The average Bonchev–Trinajstić information content (AvgIpc) is 3.21. The molecule has 0 aliphatic carbocycles. The van der Waals surface area contributed by atoms with Crippen molar-refractivity contribution in [3.63, 3.8) is 0 Å². The van der Waals surface area contributed by atoms with E-state index in [-0.39, 0.29) is 5.69 Å². The number of amides is 1. The topological polar surface area (TPSA) is 89.5 Å². The SMILES string of the molecule is O=C(N/N=C/c1cn(Cc2ccc3ccccc3c2)c2ccccc12)c1ccc([N+](=O)[O-])cc1. The number of hydrazone groups is 1. The Morgan fingerprint density at radius 2 is 1.68 bits per heavy atom. The molecule has 0 bridgehead atoms. The van der Waals surface area contributed by atoms with Gasteiger partial charge in [-0.15, -0.1) is 0 Å². The number of carbonyl (C=O) groups excluding carboxylic acids is 1. The Morgan fingerprint density at radius 1 is 0.941 bits per heavy atom. The quantitative estimate of drug-likeness (QED) is 0.211. The highest BCUT2D eigenvalue weighted by Crippen LogP contribution is 2.23. The minimum absolute atomic E-state index is 0.0701. The number of rotatable bonds is 6. The molecule has 1 heterocycles. The van der Waals surface area contributed by atoms with Gasteiger partial charge in [0.2, 0.25) is 0 Å². The van der Waals surface area contributed by atoms with E-state index in [9.17, 15) is 14.9 Å². The van der Waals surface area contributed by atoms with Gasteiger partial charge in [0.15, 0.2) is 0 Å². The lowest BCUT2D eigenvalue weighted by Crippen LogP contribution is -2.17. The zero-order valence-corrected chi connectivity index (χ0v) is 18.1. The lowest BCUT2D eigenvalue weighted by atomic mass is 10.1. The van der Waals surface area contributed by atoms with Crippen molar-refractivity contribution in [3.05, 3.63) is 124 Å². The van der Waals surface area contributed by atoms with Crippen molar-refractivity contribution < 1.29 is 9.72 Å². The fraction of sp³-hybridized carbons (Fsp3) is 0.0370. The Hall–Kier alpha value is -4.78. The van der Waals surface area contributed by atoms with E-state index >= 15 is 0 Å². The summed E-state index contributed by atoms with van der Waals surface area (Å²) < 4.78 is 2.17. The van der Waals surface area contributed by atoms with Crippen molar-refractivity contribution in [1.29, 1.82) is 0 Å². The van der Waals surface area contributed by atoms with Gasteiger partial charge in [-0.1, -0.05) is 54.6 Å². The number of carbonyl (C=O) groups is 1. The van der Waals surface area contributed by atoms with Crippen LogP contribution in [0, 0.1) is 10.1 Å². The summed E-state index contributed by atoms with van der Waals surface area (Å²) in [7, 11) is 0. The van der Waals surface area contributed by atoms with Crippen LogP contribution in [-0.4, -0.2) is 21.6 Å². The molecule has 7 heteroatoms. The predicted molar refractivity (Wildman–Crippen MR) is 133 cm³/mol. The first kappa shape index (κ1) is 21.1. The molecule has 0 fully saturated rings. The first-order valence-electron chi connectivity index (χ1n) is 10.7. The number of fused-ring (bicyclic) bond motifs is 2. The second-order valence-corrected chi connectivity index (χ2v) is 7.91. The highest BCUT2D eigenvalue weighted by molar-refractivity contribution is 6.00. The predicted octanol–water partition coefficient (Wildman–Crippen LogP) is 5.51. The van der Waals surface area contributed by atoms with Crippen LogP contribution in [0.3, 0.4) is 0 Å². The number of nitro groups is 1. The van der Waals surface area contributed by atoms with Crippen molar-refractivity contribution in [2.24, 2.45) is 5.10 Å². The van der Waals surface area contributed by atoms with Crippen LogP contribution in [0.2, 0.25) is 0 Å². The highest BCUT2D eigenvalue weighted by Gasteiger charge is 2.10. The Morgan fingerprint density at radius 3 is 2.47 bits per heavy atom. The van der Waals surface area contributed by atoms with Gasteiger partial charge in [-0.3, -0.25) is 14.9 Å². The van der Waals surface area contributed by atoms with Gasteiger partial charge in [0, 0.05) is 46.9 Å². The maximum atomic E-state index is 12.3. The second kappa shape index (κ2) is 8.99. The van der Waals surface area contributed by atoms with Crippen molar-refractivity contribution in [2.45, 2.75) is 6.54 Å². The summed E-state index contributed by atoms with van der Waals surface area (Å²) in [4.78, 5) is 22.6. The fourth-order valence-corrected chi connectivity index (χ4v) is 4.00. The molecular weight excluding hydrogens is 428 g/mol. The summed E-state index contributed by atoms with van der Waals surface area (Å²) in [6.45, 7) is 0.703. The van der Waals surface area contributed by atoms with E-state index in [1.54, 1.807) is 6.21 Å². The molecule has 5 aromatic rings. The van der Waals surface area contributed by atoms with Crippen molar-refractivity contribution in [3.8, 4) is 0 Å². The first-order valence-corrected chi connectivity index (χ1v) is 10.7. The van der Waals surface area contributed by atoms with E-state index in [0.717, 1.165) is 16.5 Å². The molecule has 4 aromatic carbocycles. The number of nitrogens with zero attached hydrogens (tertiary/aromatic N) is 3. The third-order valence-electron chi connectivity index (χ3n) is 5.70. The number of aromatic nitrogens is 1. The van der Waals surface area contributed by atoms with Crippen LogP contribution in [0.4, 0.5) is 5.69 Å². The third-order valence-corrected chi connectivity index (χ3v) is 5.70. The van der Waals surface area contributed by atoms with E-state index in [4.69, 9.17) is 0 Å². The van der Waals surface area contributed by atoms with Gasteiger partial charge in [-0.25, -0.2) is 5.43 Å². The Kier molecular flexibility index (Phi) is 5.58. The molecule has 0 spiro atoms. The molecule has 0 saturated carbocycles. The van der Waals surface area contributed by atoms with E-state index in [0.29, 0.717) is 12.1 Å². The van der Waals surface area contributed by atoms with E-state index in [1.165, 1.54) is 40.6 Å². The van der Waals surface area contributed by atoms with E-state index in [2.05, 4.69) is 51.5 Å². The number of hydrogen-bond donors (Lipinski definition) is 1. The first-order chi connectivity index (χ1) is 16.6. The largest absolute Gasteiger partial charge is 0.342 e. The molecule has 7 nitrogen and oxygen atoms in total. The summed E-state index contributed by atoms with van der Waals surface area (Å²) in [6, 6.07) is 28.2. The summed E-state index contributed by atoms with van der Waals surface area (Å²) in [5.41, 5.74) is 5.85. The molecular formula is C27H20N4O3. The van der Waals surface area contributed by atoms with Crippen molar-refractivity contribution >= 4 is 39.5 Å². The van der Waals surface area contributed by atoms with Crippen LogP contribution in [0.5, 0.6) is 0 Å². The van der Waals surface area contributed by atoms with Crippen LogP contribution in [0.25, 0.3) is 21.7 Å². The van der Waals surface area contributed by atoms with Gasteiger partial charge < -0.3 is 4.57 Å². The summed E-state index contributed by atoms with van der Waals surface area (Å²) in [6.07, 6.45) is 3.63. The zero-order chi connectivity index (χ0) is 23.5. The molecule has 166 valence electrons. The standard InChI is InChI=1S/C27H20N4O3/c32-27(21-11-13-24(14-12-21)31(33)34)29-28-16-23-18-30(26-8-4-3-7-25(23)26)17-19-9-10-20-5-1-2-6-22(20)15-19/h1-16,18H,17H2,(H,29,32)/b28-16+. The average molecular weight is 448 g/mol. The van der Waals surface area contributed by atoms with E-state index < -0.39 is 10.8 Å². The van der Waals surface area contributed by atoms with Gasteiger partial charge in [0.25, 0.3) is 11.6 Å². The van der Waals surface area contributed by atoms with Crippen molar-refractivity contribution in [2.75, 3.05) is 0 Å². The van der Waals surface area contributed by atoms with Crippen LogP contribution in [0.15, 0.2) is 102 Å². The second-order valence-electron chi connectivity index (χ2n) is 7.91. The minimum Gasteiger partial charge on any atom is -0.342 e. The van der Waals surface area contributed by atoms with Crippen molar-refractivity contribution in [1.82, 2.24) is 9.99 Å².